The van der Waals surface area contributed by atoms with Gasteiger partial charge >= 0.3 is 0 Å². The third-order valence-corrected chi connectivity index (χ3v) is 2.65. The van der Waals surface area contributed by atoms with Gasteiger partial charge in [0.1, 0.15) is 6.33 Å². The first-order chi connectivity index (χ1) is 7.66. The van der Waals surface area contributed by atoms with Gasteiger partial charge in [0.25, 0.3) is 0 Å². The molecule has 0 bridgehead atoms. The van der Waals surface area contributed by atoms with Crippen molar-refractivity contribution in [1.82, 2.24) is 25.0 Å². The van der Waals surface area contributed by atoms with Crippen molar-refractivity contribution in [3.63, 3.8) is 0 Å². The summed E-state index contributed by atoms with van der Waals surface area (Å²) < 4.78 is 1.99. The zero-order chi connectivity index (χ0) is 11.5. The van der Waals surface area contributed by atoms with Crippen molar-refractivity contribution in [2.24, 2.45) is 0 Å². The molecule has 1 amide bonds. The Morgan fingerprint density at radius 2 is 2.38 bits per heavy atom. The van der Waals surface area contributed by atoms with Crippen LogP contribution in [0.4, 0.5) is 0 Å². The molecule has 1 aliphatic rings. The Labute approximate surface area is 94.6 Å². The van der Waals surface area contributed by atoms with Gasteiger partial charge in [-0.2, -0.15) is 0 Å². The van der Waals surface area contributed by atoms with Gasteiger partial charge in [0, 0.05) is 19.1 Å². The molecular weight excluding hydrogens is 206 g/mol. The molecule has 6 heteroatoms. The van der Waals surface area contributed by atoms with Crippen molar-refractivity contribution in [3.05, 3.63) is 12.2 Å². The summed E-state index contributed by atoms with van der Waals surface area (Å²) in [5, 5.41) is 10.9. The molecule has 0 aromatic carbocycles. The molecule has 1 aromatic heterocycles. The highest BCUT2D eigenvalue weighted by atomic mass is 16.2. The van der Waals surface area contributed by atoms with E-state index in [1.807, 2.05) is 23.3 Å². The normalized spacial score (nSPS) is 15.3. The number of fused-ring (bicyclic) bond motifs is 1. The Balaban J connectivity index is 1.90. The predicted octanol–water partition coefficient (Wildman–Crippen LogP) is -0.382. The maximum absolute atomic E-state index is 11.8. The molecule has 16 heavy (non-hydrogen) atoms. The molecule has 2 rings (SSSR count). The van der Waals surface area contributed by atoms with Gasteiger partial charge in [0.15, 0.2) is 5.82 Å². The lowest BCUT2D eigenvalue weighted by atomic mass is 10.3. The van der Waals surface area contributed by atoms with Crippen molar-refractivity contribution in [2.75, 3.05) is 13.1 Å². The second-order valence-corrected chi connectivity index (χ2v) is 4.29. The highest BCUT2D eigenvalue weighted by Crippen LogP contribution is 2.08. The Hall–Kier alpha value is -1.43. The number of carbonyl (C=O) groups is 1. The molecule has 2 heterocycles. The first-order valence-electron chi connectivity index (χ1n) is 5.54. The van der Waals surface area contributed by atoms with Crippen LogP contribution in [0.25, 0.3) is 0 Å². The molecule has 0 fully saturated rings. The first kappa shape index (κ1) is 11.1. The van der Waals surface area contributed by atoms with Gasteiger partial charge in [-0.15, -0.1) is 10.2 Å². The summed E-state index contributed by atoms with van der Waals surface area (Å²) in [5.41, 5.74) is 0. The molecule has 0 unspecified atom stereocenters. The molecule has 0 saturated carbocycles. The minimum atomic E-state index is 0.128. The van der Waals surface area contributed by atoms with Gasteiger partial charge in [0.05, 0.1) is 13.1 Å². The fraction of sp³-hybridized carbons (Fsp3) is 0.700. The van der Waals surface area contributed by atoms with Crippen LogP contribution < -0.4 is 5.32 Å². The fourth-order valence-corrected chi connectivity index (χ4v) is 1.68. The second-order valence-electron chi connectivity index (χ2n) is 4.29. The minimum Gasteiger partial charge on any atom is -0.332 e. The summed E-state index contributed by atoms with van der Waals surface area (Å²) in [6.45, 7) is 6.55. The van der Waals surface area contributed by atoms with Crippen LogP contribution in [0.15, 0.2) is 6.33 Å². The Morgan fingerprint density at radius 3 is 3.12 bits per heavy atom. The fourth-order valence-electron chi connectivity index (χ4n) is 1.68. The van der Waals surface area contributed by atoms with E-state index in [4.69, 9.17) is 0 Å². The summed E-state index contributed by atoms with van der Waals surface area (Å²) >= 11 is 0. The van der Waals surface area contributed by atoms with Gasteiger partial charge in [-0.25, -0.2) is 0 Å². The van der Waals surface area contributed by atoms with E-state index in [1.54, 1.807) is 6.33 Å². The Bertz CT molecular complexity index is 373. The molecule has 1 aliphatic heterocycles. The molecule has 0 radical (unpaired) electrons. The van der Waals surface area contributed by atoms with Gasteiger partial charge in [-0.1, -0.05) is 13.8 Å². The number of carbonyl (C=O) groups excluding carboxylic acids is 1. The van der Waals surface area contributed by atoms with E-state index in [-0.39, 0.29) is 5.91 Å². The average molecular weight is 223 g/mol. The number of hydrogen-bond acceptors (Lipinski definition) is 4. The van der Waals surface area contributed by atoms with E-state index in [0.29, 0.717) is 19.1 Å². The molecule has 0 aliphatic carbocycles. The molecule has 0 saturated heterocycles. The Morgan fingerprint density at radius 1 is 1.56 bits per heavy atom. The van der Waals surface area contributed by atoms with E-state index < -0.39 is 0 Å². The van der Waals surface area contributed by atoms with Crippen LogP contribution >= 0.6 is 0 Å². The SMILES string of the molecule is CC(C)NCC(=O)N1CCn2cnnc2C1. The van der Waals surface area contributed by atoms with Crippen LogP contribution in [0.3, 0.4) is 0 Å². The van der Waals surface area contributed by atoms with Crippen LogP contribution in [0.5, 0.6) is 0 Å². The summed E-state index contributed by atoms with van der Waals surface area (Å²) in [4.78, 5) is 13.7. The molecule has 1 N–H and O–H groups in total. The highest BCUT2D eigenvalue weighted by molar-refractivity contribution is 5.78. The van der Waals surface area contributed by atoms with Gasteiger partial charge in [-0.3, -0.25) is 4.79 Å². The standard InChI is InChI=1S/C10H17N5O/c1-8(2)11-5-10(16)14-3-4-15-7-12-13-9(15)6-14/h7-8,11H,3-6H2,1-2H3. The Kier molecular flexibility index (Phi) is 3.19. The van der Waals surface area contributed by atoms with E-state index in [0.717, 1.165) is 18.9 Å². The lowest BCUT2D eigenvalue weighted by Crippen LogP contribution is -2.43. The van der Waals surface area contributed by atoms with Crippen LogP contribution in [0.1, 0.15) is 19.7 Å². The van der Waals surface area contributed by atoms with Gasteiger partial charge < -0.3 is 14.8 Å². The summed E-state index contributed by atoms with van der Waals surface area (Å²) in [6.07, 6.45) is 1.71. The van der Waals surface area contributed by atoms with E-state index >= 15 is 0 Å². The second kappa shape index (κ2) is 4.61. The van der Waals surface area contributed by atoms with E-state index in [9.17, 15) is 4.79 Å². The monoisotopic (exact) mass is 223 g/mol. The zero-order valence-corrected chi connectivity index (χ0v) is 9.68. The lowest BCUT2D eigenvalue weighted by Gasteiger charge is -2.27. The number of rotatable bonds is 3. The summed E-state index contributed by atoms with van der Waals surface area (Å²) in [6, 6.07) is 0.331. The smallest absolute Gasteiger partial charge is 0.237 e. The number of nitrogens with zero attached hydrogens (tertiary/aromatic N) is 4. The van der Waals surface area contributed by atoms with Crippen molar-refractivity contribution in [3.8, 4) is 0 Å². The molecular formula is C10H17N5O. The number of nitrogens with one attached hydrogen (secondary N) is 1. The molecule has 0 atom stereocenters. The molecule has 0 spiro atoms. The number of amides is 1. The topological polar surface area (TPSA) is 63.1 Å². The highest BCUT2D eigenvalue weighted by Gasteiger charge is 2.21. The zero-order valence-electron chi connectivity index (χ0n) is 9.68. The number of hydrogen-bond donors (Lipinski definition) is 1. The molecule has 6 nitrogen and oxygen atoms in total. The largest absolute Gasteiger partial charge is 0.332 e. The van der Waals surface area contributed by atoms with E-state index in [2.05, 4.69) is 15.5 Å². The van der Waals surface area contributed by atoms with Crippen molar-refractivity contribution >= 4 is 5.91 Å². The van der Waals surface area contributed by atoms with Crippen LogP contribution in [-0.4, -0.2) is 44.7 Å². The van der Waals surface area contributed by atoms with Crippen LogP contribution in [0.2, 0.25) is 0 Å². The first-order valence-corrected chi connectivity index (χ1v) is 5.54. The van der Waals surface area contributed by atoms with Gasteiger partial charge in [0.2, 0.25) is 5.91 Å². The molecule has 1 aromatic rings. The molecule has 88 valence electrons. The maximum atomic E-state index is 11.8. The van der Waals surface area contributed by atoms with Crippen molar-refractivity contribution in [2.45, 2.75) is 33.0 Å². The quantitative estimate of drug-likeness (QED) is 0.758. The van der Waals surface area contributed by atoms with Crippen molar-refractivity contribution < 1.29 is 4.79 Å². The minimum absolute atomic E-state index is 0.128. The summed E-state index contributed by atoms with van der Waals surface area (Å²) in [7, 11) is 0. The maximum Gasteiger partial charge on any atom is 0.237 e. The average Bonchev–Trinajstić information content (AvgIpc) is 2.72. The predicted molar refractivity (Wildman–Crippen MR) is 58.6 cm³/mol. The third kappa shape index (κ3) is 2.38. The summed E-state index contributed by atoms with van der Waals surface area (Å²) in [5.74, 6) is 0.993. The lowest BCUT2D eigenvalue weighted by molar-refractivity contribution is -0.131. The van der Waals surface area contributed by atoms with E-state index in [1.165, 1.54) is 0 Å². The third-order valence-electron chi connectivity index (χ3n) is 2.65. The number of aromatic nitrogens is 3. The van der Waals surface area contributed by atoms with Crippen molar-refractivity contribution in [1.29, 1.82) is 0 Å². The van der Waals surface area contributed by atoms with Crippen LogP contribution in [-0.2, 0) is 17.9 Å². The van der Waals surface area contributed by atoms with Crippen LogP contribution in [0, 0.1) is 0 Å². The van der Waals surface area contributed by atoms with Gasteiger partial charge in [-0.05, 0) is 0 Å².